The van der Waals surface area contributed by atoms with E-state index in [1.165, 1.54) is 11.1 Å². The molecule has 2 heteroatoms. The molecule has 1 aliphatic carbocycles. The molecular weight excluding hydrogens is 224 g/mol. The maximum absolute atomic E-state index is 6.07. The van der Waals surface area contributed by atoms with Crippen molar-refractivity contribution in [1.29, 1.82) is 0 Å². The molecule has 0 saturated carbocycles. The fourth-order valence-corrected chi connectivity index (χ4v) is 3.08. The maximum Gasteiger partial charge on any atom is 0.202 e. The molecule has 0 aromatic heterocycles. The Kier molecular flexibility index (Phi) is 2.61. The zero-order chi connectivity index (χ0) is 12.8. The second-order valence-corrected chi connectivity index (χ2v) is 6.15. The zero-order valence-electron chi connectivity index (χ0n) is 11.3. The quantitative estimate of drug-likeness (QED) is 0.694. The summed E-state index contributed by atoms with van der Waals surface area (Å²) < 4.78 is 12.1. The normalized spacial score (nSPS) is 25.4. The van der Waals surface area contributed by atoms with Crippen LogP contribution in [0.5, 0.6) is 0 Å². The van der Waals surface area contributed by atoms with Crippen LogP contribution in [0.1, 0.15) is 31.9 Å². The second-order valence-electron chi connectivity index (χ2n) is 6.15. The van der Waals surface area contributed by atoms with Gasteiger partial charge in [-0.3, -0.25) is 0 Å². The van der Waals surface area contributed by atoms with Crippen molar-refractivity contribution in [3.8, 4) is 0 Å². The average molecular weight is 244 g/mol. The van der Waals surface area contributed by atoms with Gasteiger partial charge in [-0.2, -0.15) is 0 Å². The lowest BCUT2D eigenvalue weighted by molar-refractivity contribution is -0.214. The Morgan fingerprint density at radius 1 is 1.11 bits per heavy atom. The van der Waals surface area contributed by atoms with E-state index < -0.39 is 5.79 Å². The third-order valence-corrected chi connectivity index (χ3v) is 3.86. The molecule has 1 aromatic rings. The van der Waals surface area contributed by atoms with E-state index >= 15 is 0 Å². The van der Waals surface area contributed by atoms with Crippen molar-refractivity contribution in [2.45, 2.75) is 26.6 Å². The van der Waals surface area contributed by atoms with Gasteiger partial charge in [0.2, 0.25) is 5.79 Å². The summed E-state index contributed by atoms with van der Waals surface area (Å²) in [5, 5.41) is 0. The molecule has 0 amide bonds. The van der Waals surface area contributed by atoms with Gasteiger partial charge in [0.1, 0.15) is 0 Å². The number of hydrogen-bond donors (Lipinski definition) is 0. The minimum Gasteiger partial charge on any atom is -0.343 e. The van der Waals surface area contributed by atoms with Gasteiger partial charge in [0, 0.05) is 11.5 Å². The van der Waals surface area contributed by atoms with Crippen molar-refractivity contribution in [2.75, 3.05) is 13.2 Å². The Morgan fingerprint density at radius 3 is 2.44 bits per heavy atom. The van der Waals surface area contributed by atoms with Gasteiger partial charge in [-0.25, -0.2) is 0 Å². The number of ether oxygens (including phenoxy) is 2. The zero-order valence-corrected chi connectivity index (χ0v) is 11.3. The molecule has 1 saturated heterocycles. The lowest BCUT2D eigenvalue weighted by Gasteiger charge is -2.44. The monoisotopic (exact) mass is 244 g/mol. The average Bonchev–Trinajstić information content (AvgIpc) is 2.78. The third-order valence-electron chi connectivity index (χ3n) is 3.86. The molecule has 0 radical (unpaired) electrons. The van der Waals surface area contributed by atoms with Crippen molar-refractivity contribution in [1.82, 2.24) is 0 Å². The third kappa shape index (κ3) is 1.63. The van der Waals surface area contributed by atoms with Crippen LogP contribution < -0.4 is 0 Å². The highest BCUT2D eigenvalue weighted by atomic mass is 16.7. The van der Waals surface area contributed by atoms with Gasteiger partial charge in [0.25, 0.3) is 0 Å². The first kappa shape index (κ1) is 11.9. The van der Waals surface area contributed by atoms with Gasteiger partial charge in [-0.15, -0.1) is 0 Å². The Hall–Kier alpha value is -1.12. The van der Waals surface area contributed by atoms with Crippen LogP contribution in [0.25, 0.3) is 6.08 Å². The van der Waals surface area contributed by atoms with Crippen LogP contribution in [0, 0.1) is 11.3 Å². The van der Waals surface area contributed by atoms with E-state index in [4.69, 9.17) is 9.47 Å². The van der Waals surface area contributed by atoms with E-state index in [1.807, 2.05) is 0 Å². The van der Waals surface area contributed by atoms with E-state index in [1.54, 1.807) is 0 Å². The fourth-order valence-electron chi connectivity index (χ4n) is 3.08. The van der Waals surface area contributed by atoms with E-state index in [0.717, 1.165) is 0 Å². The van der Waals surface area contributed by atoms with E-state index in [0.29, 0.717) is 13.2 Å². The lowest BCUT2D eigenvalue weighted by atomic mass is 9.70. The van der Waals surface area contributed by atoms with Gasteiger partial charge in [-0.1, -0.05) is 57.2 Å². The standard InChI is InChI=1S/C16H20O2/c1-15(2,3)14-9-8-12-6-4-5-7-13(12)16(14)17-10-11-18-16/h4-9,14H,10-11H2,1-3H3. The smallest absolute Gasteiger partial charge is 0.202 e. The predicted octanol–water partition coefficient (Wildman–Crippen LogP) is 3.58. The first-order valence-electron chi connectivity index (χ1n) is 6.60. The van der Waals surface area contributed by atoms with Crippen LogP contribution in [-0.2, 0) is 15.3 Å². The fraction of sp³-hybridized carbons (Fsp3) is 0.500. The predicted molar refractivity (Wildman–Crippen MR) is 72.0 cm³/mol. The number of fused-ring (bicyclic) bond motifs is 2. The largest absolute Gasteiger partial charge is 0.343 e. The van der Waals surface area contributed by atoms with Crippen LogP contribution in [0.4, 0.5) is 0 Å². The highest BCUT2D eigenvalue weighted by Gasteiger charge is 2.51. The molecule has 1 unspecified atom stereocenters. The topological polar surface area (TPSA) is 18.5 Å². The molecule has 18 heavy (non-hydrogen) atoms. The molecule has 1 heterocycles. The molecule has 0 N–H and O–H groups in total. The van der Waals surface area contributed by atoms with Crippen molar-refractivity contribution in [3.05, 3.63) is 41.5 Å². The molecule has 1 spiro atoms. The van der Waals surface area contributed by atoms with Crippen molar-refractivity contribution in [3.63, 3.8) is 0 Å². The summed E-state index contributed by atoms with van der Waals surface area (Å²) >= 11 is 0. The number of benzene rings is 1. The molecule has 2 nitrogen and oxygen atoms in total. The molecular formula is C16H20O2. The van der Waals surface area contributed by atoms with Crippen molar-refractivity contribution >= 4 is 6.08 Å². The Bertz CT molecular complexity index is 476. The van der Waals surface area contributed by atoms with Crippen LogP contribution in [-0.4, -0.2) is 13.2 Å². The summed E-state index contributed by atoms with van der Waals surface area (Å²) in [7, 11) is 0. The molecule has 0 bridgehead atoms. The summed E-state index contributed by atoms with van der Waals surface area (Å²) in [5.74, 6) is -0.341. The summed E-state index contributed by atoms with van der Waals surface area (Å²) in [6.07, 6.45) is 4.44. The summed E-state index contributed by atoms with van der Waals surface area (Å²) in [5.41, 5.74) is 2.48. The van der Waals surface area contributed by atoms with Crippen LogP contribution in [0.15, 0.2) is 30.3 Å². The van der Waals surface area contributed by atoms with Gasteiger partial charge in [0.05, 0.1) is 13.2 Å². The summed E-state index contributed by atoms with van der Waals surface area (Å²) in [6, 6.07) is 8.37. The van der Waals surface area contributed by atoms with E-state index in [9.17, 15) is 0 Å². The van der Waals surface area contributed by atoms with Crippen molar-refractivity contribution in [2.24, 2.45) is 11.3 Å². The molecule has 96 valence electrons. The number of rotatable bonds is 0. The Balaban J connectivity index is 2.17. The maximum atomic E-state index is 6.07. The molecule has 1 atom stereocenters. The molecule has 1 aliphatic heterocycles. The van der Waals surface area contributed by atoms with Crippen molar-refractivity contribution < 1.29 is 9.47 Å². The van der Waals surface area contributed by atoms with Crippen LogP contribution >= 0.6 is 0 Å². The number of hydrogen-bond acceptors (Lipinski definition) is 2. The van der Waals surface area contributed by atoms with Gasteiger partial charge < -0.3 is 9.47 Å². The van der Waals surface area contributed by atoms with E-state index in [2.05, 4.69) is 57.2 Å². The molecule has 2 aliphatic rings. The van der Waals surface area contributed by atoms with Crippen LogP contribution in [0.3, 0.4) is 0 Å². The second kappa shape index (κ2) is 3.94. The van der Waals surface area contributed by atoms with Gasteiger partial charge in [-0.05, 0) is 11.0 Å². The van der Waals surface area contributed by atoms with Gasteiger partial charge >= 0.3 is 0 Å². The Labute approximate surface area is 109 Å². The molecule has 1 aromatic carbocycles. The highest BCUT2D eigenvalue weighted by Crippen LogP contribution is 2.50. The van der Waals surface area contributed by atoms with Gasteiger partial charge in [0.15, 0.2) is 0 Å². The van der Waals surface area contributed by atoms with E-state index in [-0.39, 0.29) is 11.3 Å². The molecule has 1 fully saturated rings. The Morgan fingerprint density at radius 2 is 1.78 bits per heavy atom. The first-order valence-corrected chi connectivity index (χ1v) is 6.60. The SMILES string of the molecule is CC(C)(C)C1C=Cc2ccccc2C12OCCO2. The summed E-state index contributed by atoms with van der Waals surface area (Å²) in [4.78, 5) is 0. The highest BCUT2D eigenvalue weighted by molar-refractivity contribution is 5.59. The first-order chi connectivity index (χ1) is 8.54. The lowest BCUT2D eigenvalue weighted by Crippen LogP contribution is -2.44. The summed E-state index contributed by atoms with van der Waals surface area (Å²) in [6.45, 7) is 8.07. The minimum atomic E-state index is -0.580. The minimum absolute atomic E-state index is 0.106. The van der Waals surface area contributed by atoms with Crippen LogP contribution in [0.2, 0.25) is 0 Å². The molecule has 3 rings (SSSR count).